The van der Waals surface area contributed by atoms with Crippen molar-refractivity contribution in [3.05, 3.63) is 76.3 Å². The molecule has 0 aliphatic rings. The first-order valence-corrected chi connectivity index (χ1v) is 8.63. The van der Waals surface area contributed by atoms with Gasteiger partial charge >= 0.3 is 0 Å². The van der Waals surface area contributed by atoms with Crippen LogP contribution in [0, 0.1) is 6.92 Å². The molecule has 7 nitrogen and oxygen atoms in total. The van der Waals surface area contributed by atoms with E-state index in [1.54, 1.807) is 31.2 Å². The molecule has 0 fully saturated rings. The van der Waals surface area contributed by atoms with Gasteiger partial charge in [0.2, 0.25) is 0 Å². The lowest BCUT2D eigenvalue weighted by atomic mass is 10.1. The number of benzene rings is 1. The summed E-state index contributed by atoms with van der Waals surface area (Å²) in [6.07, 6.45) is 0.637. The molecule has 2 aromatic heterocycles. The minimum atomic E-state index is -0.475. The smallest absolute Gasteiger partial charge is 0.275 e. The number of aryl methyl sites for hydroxylation is 1. The van der Waals surface area contributed by atoms with Crippen LogP contribution in [0.2, 0.25) is 5.02 Å². The second kappa shape index (κ2) is 8.46. The van der Waals surface area contributed by atoms with Crippen molar-refractivity contribution >= 4 is 29.2 Å². The van der Waals surface area contributed by atoms with Crippen LogP contribution in [0.15, 0.2) is 53.1 Å². The Morgan fingerprint density at radius 2 is 1.81 bits per heavy atom. The molecule has 2 heterocycles. The van der Waals surface area contributed by atoms with E-state index in [4.69, 9.17) is 16.1 Å². The van der Waals surface area contributed by atoms with Gasteiger partial charge in [0.1, 0.15) is 17.1 Å². The van der Waals surface area contributed by atoms with Gasteiger partial charge in [-0.25, -0.2) is 4.98 Å². The van der Waals surface area contributed by atoms with Crippen LogP contribution in [0.25, 0.3) is 0 Å². The summed E-state index contributed by atoms with van der Waals surface area (Å²) in [7, 11) is 0. The second-order valence-electron chi connectivity index (χ2n) is 5.82. The third-order valence-corrected chi connectivity index (χ3v) is 3.91. The maximum absolute atomic E-state index is 12.3. The van der Waals surface area contributed by atoms with Gasteiger partial charge < -0.3 is 15.2 Å². The number of carbonyl (C=O) groups excluding carboxylic acids is 2. The first-order valence-electron chi connectivity index (χ1n) is 8.25. The number of hydrogen-bond donors (Lipinski definition) is 2. The van der Waals surface area contributed by atoms with Crippen molar-refractivity contribution in [3.63, 3.8) is 0 Å². The molecule has 2 amide bonds. The first-order chi connectivity index (χ1) is 13.0. The van der Waals surface area contributed by atoms with E-state index in [1.165, 1.54) is 6.07 Å². The van der Waals surface area contributed by atoms with Crippen LogP contribution >= 0.6 is 11.6 Å². The molecule has 0 spiro atoms. The van der Waals surface area contributed by atoms with Gasteiger partial charge in [0.15, 0.2) is 5.82 Å². The topological polar surface area (TPSA) is 97.1 Å². The number of aromatic nitrogens is 2. The second-order valence-corrected chi connectivity index (χ2v) is 6.26. The molecule has 3 aromatic rings. The molecule has 8 heteroatoms. The van der Waals surface area contributed by atoms with E-state index in [0.717, 1.165) is 5.56 Å². The van der Waals surface area contributed by atoms with E-state index >= 15 is 0 Å². The molecule has 138 valence electrons. The average Bonchev–Trinajstić information content (AvgIpc) is 3.06. The Morgan fingerprint density at radius 1 is 1.07 bits per heavy atom. The van der Waals surface area contributed by atoms with Crippen LogP contribution in [0.3, 0.4) is 0 Å². The van der Waals surface area contributed by atoms with Crippen molar-refractivity contribution in [2.45, 2.75) is 13.3 Å². The molecule has 1 aromatic carbocycles. The monoisotopic (exact) mass is 384 g/mol. The number of anilines is 1. The number of halogens is 1. The number of nitrogens with zero attached hydrogens (tertiary/aromatic N) is 2. The maximum Gasteiger partial charge on any atom is 0.275 e. The van der Waals surface area contributed by atoms with E-state index in [0.29, 0.717) is 23.7 Å². The van der Waals surface area contributed by atoms with Crippen molar-refractivity contribution in [1.82, 2.24) is 15.5 Å². The number of nitrogens with one attached hydrogen (secondary N) is 2. The number of rotatable bonds is 6. The molecule has 0 saturated carbocycles. The highest BCUT2D eigenvalue weighted by Gasteiger charge is 2.13. The highest BCUT2D eigenvalue weighted by Crippen LogP contribution is 2.11. The zero-order valence-electron chi connectivity index (χ0n) is 14.5. The van der Waals surface area contributed by atoms with E-state index in [2.05, 4.69) is 20.8 Å². The molecule has 0 aliphatic heterocycles. The van der Waals surface area contributed by atoms with Gasteiger partial charge in [0.05, 0.1) is 0 Å². The van der Waals surface area contributed by atoms with Gasteiger partial charge in [-0.1, -0.05) is 35.0 Å². The van der Waals surface area contributed by atoms with Gasteiger partial charge in [0, 0.05) is 17.6 Å². The Morgan fingerprint density at radius 3 is 2.52 bits per heavy atom. The van der Waals surface area contributed by atoms with E-state index < -0.39 is 5.91 Å². The fourth-order valence-electron chi connectivity index (χ4n) is 2.40. The van der Waals surface area contributed by atoms with Crippen molar-refractivity contribution < 1.29 is 14.1 Å². The Bertz CT molecular complexity index is 971. The van der Waals surface area contributed by atoms with E-state index in [-0.39, 0.29) is 23.1 Å². The quantitative estimate of drug-likeness (QED) is 0.679. The molecule has 27 heavy (non-hydrogen) atoms. The van der Waals surface area contributed by atoms with Gasteiger partial charge in [0.25, 0.3) is 11.8 Å². The van der Waals surface area contributed by atoms with Crippen molar-refractivity contribution in [1.29, 1.82) is 0 Å². The molecular formula is C19H17ClN4O3. The maximum atomic E-state index is 12.3. The van der Waals surface area contributed by atoms with Gasteiger partial charge in [-0.15, -0.1) is 0 Å². The van der Waals surface area contributed by atoms with Crippen molar-refractivity contribution in [2.24, 2.45) is 0 Å². The SMILES string of the molecule is Cc1cc(NC(=O)c2cccc(C(=O)NCCc3cccc(Cl)c3)n2)no1. The predicted molar refractivity (Wildman–Crippen MR) is 101 cm³/mol. The molecule has 0 bridgehead atoms. The van der Waals surface area contributed by atoms with Crippen molar-refractivity contribution in [2.75, 3.05) is 11.9 Å². The van der Waals surface area contributed by atoms with E-state index in [1.807, 2.05) is 18.2 Å². The first kappa shape index (κ1) is 18.6. The van der Waals surface area contributed by atoms with Crippen LogP contribution in [0.4, 0.5) is 5.82 Å². The number of amides is 2. The lowest BCUT2D eigenvalue weighted by molar-refractivity contribution is 0.0949. The minimum Gasteiger partial charge on any atom is -0.360 e. The molecule has 0 saturated heterocycles. The molecule has 0 aliphatic carbocycles. The van der Waals surface area contributed by atoms with Gasteiger partial charge in [-0.05, 0) is 43.2 Å². The summed E-state index contributed by atoms with van der Waals surface area (Å²) in [4.78, 5) is 28.6. The van der Waals surface area contributed by atoms with Crippen LogP contribution < -0.4 is 10.6 Å². The van der Waals surface area contributed by atoms with E-state index in [9.17, 15) is 9.59 Å². The van der Waals surface area contributed by atoms with Crippen molar-refractivity contribution in [3.8, 4) is 0 Å². The number of hydrogen-bond acceptors (Lipinski definition) is 5. The van der Waals surface area contributed by atoms with Gasteiger partial charge in [-0.2, -0.15) is 0 Å². The third-order valence-electron chi connectivity index (χ3n) is 3.67. The summed E-state index contributed by atoms with van der Waals surface area (Å²) in [5, 5.41) is 9.69. The predicted octanol–water partition coefficient (Wildman–Crippen LogP) is 3.26. The van der Waals surface area contributed by atoms with Crippen LogP contribution in [-0.2, 0) is 6.42 Å². The summed E-state index contributed by atoms with van der Waals surface area (Å²) in [5.41, 5.74) is 1.29. The fourth-order valence-corrected chi connectivity index (χ4v) is 2.61. The molecule has 3 rings (SSSR count). The molecule has 0 unspecified atom stereocenters. The molecule has 0 atom stereocenters. The highest BCUT2D eigenvalue weighted by atomic mass is 35.5. The summed E-state index contributed by atoms with van der Waals surface area (Å²) in [6.45, 7) is 2.14. The standard InChI is InChI=1S/C19H17ClN4O3/c1-12-10-17(24-27-12)23-19(26)16-7-3-6-15(22-16)18(25)21-9-8-13-4-2-5-14(20)11-13/h2-7,10-11H,8-9H2,1H3,(H,21,25)(H,23,24,26). The Labute approximate surface area is 160 Å². The third kappa shape index (κ3) is 5.15. The van der Waals surface area contributed by atoms with Crippen LogP contribution in [-0.4, -0.2) is 28.5 Å². The lowest BCUT2D eigenvalue weighted by Crippen LogP contribution is -2.27. The largest absolute Gasteiger partial charge is 0.360 e. The zero-order valence-corrected chi connectivity index (χ0v) is 15.3. The molecular weight excluding hydrogens is 368 g/mol. The number of carbonyl (C=O) groups is 2. The summed E-state index contributed by atoms with van der Waals surface area (Å²) in [6, 6.07) is 13.7. The minimum absolute atomic E-state index is 0.109. The normalized spacial score (nSPS) is 10.4. The fraction of sp³-hybridized carbons (Fsp3) is 0.158. The highest BCUT2D eigenvalue weighted by molar-refractivity contribution is 6.30. The van der Waals surface area contributed by atoms with Crippen LogP contribution in [0.1, 0.15) is 32.3 Å². The Hall–Kier alpha value is -3.19. The average molecular weight is 385 g/mol. The molecule has 0 radical (unpaired) electrons. The van der Waals surface area contributed by atoms with Crippen LogP contribution in [0.5, 0.6) is 0 Å². The Kier molecular flexibility index (Phi) is 5.83. The summed E-state index contributed by atoms with van der Waals surface area (Å²) in [5.74, 6) is 0.0302. The lowest BCUT2D eigenvalue weighted by Gasteiger charge is -2.07. The Balaban J connectivity index is 1.58. The molecule has 2 N–H and O–H groups in total. The number of pyridine rings is 1. The zero-order chi connectivity index (χ0) is 19.2. The summed E-state index contributed by atoms with van der Waals surface area (Å²) < 4.78 is 4.89. The van der Waals surface area contributed by atoms with Gasteiger partial charge in [-0.3, -0.25) is 9.59 Å². The summed E-state index contributed by atoms with van der Waals surface area (Å²) >= 11 is 5.94.